The first-order chi connectivity index (χ1) is 8.76. The van der Waals surface area contributed by atoms with Crippen molar-refractivity contribution < 1.29 is 5.11 Å². The quantitative estimate of drug-likeness (QED) is 0.868. The number of nitrogens with two attached hydrogens (primary N) is 1. The lowest BCUT2D eigenvalue weighted by molar-refractivity contribution is 0.219. The van der Waals surface area contributed by atoms with E-state index in [9.17, 15) is 0 Å². The van der Waals surface area contributed by atoms with Crippen molar-refractivity contribution in [2.45, 2.75) is 13.0 Å². The van der Waals surface area contributed by atoms with Gasteiger partial charge in [-0.05, 0) is 30.3 Å². The van der Waals surface area contributed by atoms with Crippen LogP contribution in [0.15, 0.2) is 11.4 Å². The van der Waals surface area contributed by atoms with E-state index in [1.807, 2.05) is 11.4 Å². The molecule has 1 fully saturated rings. The lowest BCUT2D eigenvalue weighted by Crippen LogP contribution is -2.22. The van der Waals surface area contributed by atoms with Gasteiger partial charge < -0.3 is 10.8 Å². The second-order valence-electron chi connectivity index (χ2n) is 4.74. The van der Waals surface area contributed by atoms with E-state index in [4.69, 9.17) is 10.8 Å². The fourth-order valence-electron chi connectivity index (χ4n) is 2.40. The summed E-state index contributed by atoms with van der Waals surface area (Å²) in [6.45, 7) is 2.90. The molecule has 5 nitrogen and oxygen atoms in total. The average molecular weight is 264 g/mol. The molecule has 1 unspecified atom stereocenters. The Morgan fingerprint density at radius 2 is 2.39 bits per heavy atom. The fourth-order valence-corrected chi connectivity index (χ4v) is 3.19. The van der Waals surface area contributed by atoms with Crippen molar-refractivity contribution in [1.29, 1.82) is 0 Å². The van der Waals surface area contributed by atoms with Gasteiger partial charge in [-0.15, -0.1) is 11.3 Å². The zero-order valence-electron chi connectivity index (χ0n) is 10.0. The van der Waals surface area contributed by atoms with Crippen LogP contribution in [-0.4, -0.2) is 39.7 Å². The molecule has 2 aromatic heterocycles. The molecule has 3 N–H and O–H groups in total. The van der Waals surface area contributed by atoms with E-state index < -0.39 is 0 Å². The number of aromatic nitrogens is 2. The Bertz CT molecular complexity index is 556. The Hall–Kier alpha value is -1.24. The van der Waals surface area contributed by atoms with Gasteiger partial charge in [0.2, 0.25) is 0 Å². The molecular formula is C12H16N4OS. The molecule has 0 radical (unpaired) electrons. The minimum absolute atomic E-state index is 0.267. The van der Waals surface area contributed by atoms with Crippen LogP contribution in [0.3, 0.4) is 0 Å². The molecule has 96 valence electrons. The molecule has 2 aromatic rings. The number of hydrogen-bond donors (Lipinski definition) is 2. The molecule has 0 aromatic carbocycles. The summed E-state index contributed by atoms with van der Waals surface area (Å²) in [5, 5.41) is 12.1. The number of nitrogen functional groups attached to an aromatic ring is 1. The van der Waals surface area contributed by atoms with Crippen molar-refractivity contribution in [3.05, 3.63) is 17.3 Å². The summed E-state index contributed by atoms with van der Waals surface area (Å²) < 4.78 is 0. The number of hydrogen-bond acceptors (Lipinski definition) is 6. The van der Waals surface area contributed by atoms with Crippen LogP contribution in [0, 0.1) is 5.92 Å². The number of fused-ring (bicyclic) bond motifs is 1. The molecule has 1 saturated heterocycles. The largest absolute Gasteiger partial charge is 0.396 e. The highest BCUT2D eigenvalue weighted by atomic mass is 32.1. The van der Waals surface area contributed by atoms with Crippen molar-refractivity contribution in [3.8, 4) is 0 Å². The van der Waals surface area contributed by atoms with E-state index in [0.29, 0.717) is 18.3 Å². The molecular weight excluding hydrogens is 248 g/mol. The smallest absolute Gasteiger partial charge is 0.146 e. The maximum atomic E-state index is 9.13. The minimum atomic E-state index is 0.267. The van der Waals surface area contributed by atoms with Gasteiger partial charge in [0.05, 0.1) is 11.9 Å². The number of thiophene rings is 1. The molecule has 3 heterocycles. The van der Waals surface area contributed by atoms with Gasteiger partial charge in [0.25, 0.3) is 0 Å². The molecule has 1 atom stereocenters. The summed E-state index contributed by atoms with van der Waals surface area (Å²) >= 11 is 1.59. The number of likely N-dealkylation sites (tertiary alicyclic amines) is 1. The third-order valence-corrected chi connectivity index (χ3v) is 4.20. The predicted octanol–water partition coefficient (Wildman–Crippen LogP) is 1.09. The van der Waals surface area contributed by atoms with Gasteiger partial charge in [-0.3, -0.25) is 4.90 Å². The second-order valence-corrected chi connectivity index (χ2v) is 5.63. The van der Waals surface area contributed by atoms with Crippen LogP contribution < -0.4 is 5.73 Å². The van der Waals surface area contributed by atoms with E-state index in [-0.39, 0.29) is 6.61 Å². The summed E-state index contributed by atoms with van der Waals surface area (Å²) in [5.74, 6) is 1.74. The SMILES string of the molecule is Nc1nc(CN2CCC(CO)C2)nc2sccc12. The first-order valence-electron chi connectivity index (χ1n) is 6.09. The van der Waals surface area contributed by atoms with E-state index in [2.05, 4.69) is 14.9 Å². The standard InChI is InChI=1S/C12H16N4OS/c13-11-9-2-4-18-12(9)15-10(14-11)6-16-3-1-8(5-16)7-17/h2,4,8,17H,1,3,5-7H2,(H2,13,14,15). The van der Waals surface area contributed by atoms with Crippen LogP contribution in [0.4, 0.5) is 5.82 Å². The number of aliphatic hydroxyl groups is 1. The second kappa shape index (κ2) is 4.79. The van der Waals surface area contributed by atoms with Crippen LogP contribution in [-0.2, 0) is 6.54 Å². The zero-order chi connectivity index (χ0) is 12.5. The Labute approximate surface area is 109 Å². The average Bonchev–Trinajstić information content (AvgIpc) is 2.97. The Morgan fingerprint density at radius 3 is 3.17 bits per heavy atom. The Balaban J connectivity index is 1.78. The molecule has 0 bridgehead atoms. The van der Waals surface area contributed by atoms with Gasteiger partial charge in [-0.25, -0.2) is 9.97 Å². The molecule has 18 heavy (non-hydrogen) atoms. The molecule has 0 spiro atoms. The number of anilines is 1. The predicted molar refractivity (Wildman–Crippen MR) is 72.3 cm³/mol. The lowest BCUT2D eigenvalue weighted by Gasteiger charge is -2.14. The summed E-state index contributed by atoms with van der Waals surface area (Å²) in [7, 11) is 0. The van der Waals surface area contributed by atoms with Crippen molar-refractivity contribution in [2.75, 3.05) is 25.4 Å². The van der Waals surface area contributed by atoms with Crippen molar-refractivity contribution >= 4 is 27.4 Å². The third kappa shape index (κ3) is 2.19. The van der Waals surface area contributed by atoms with Crippen molar-refractivity contribution in [3.63, 3.8) is 0 Å². The summed E-state index contributed by atoms with van der Waals surface area (Å²) in [5.41, 5.74) is 5.93. The lowest BCUT2D eigenvalue weighted by atomic mass is 10.1. The van der Waals surface area contributed by atoms with Crippen LogP contribution >= 0.6 is 11.3 Å². The van der Waals surface area contributed by atoms with E-state index in [1.165, 1.54) is 0 Å². The molecule has 1 aliphatic heterocycles. The molecule has 1 aliphatic rings. The molecule has 6 heteroatoms. The normalized spacial score (nSPS) is 20.8. The first kappa shape index (κ1) is 11.8. The highest BCUT2D eigenvalue weighted by Crippen LogP contribution is 2.24. The molecule has 0 amide bonds. The van der Waals surface area contributed by atoms with Crippen LogP contribution in [0.25, 0.3) is 10.2 Å². The van der Waals surface area contributed by atoms with Gasteiger partial charge in [0.1, 0.15) is 16.5 Å². The van der Waals surface area contributed by atoms with Crippen LogP contribution in [0.2, 0.25) is 0 Å². The summed E-state index contributed by atoms with van der Waals surface area (Å²) in [6.07, 6.45) is 1.05. The maximum Gasteiger partial charge on any atom is 0.146 e. The monoisotopic (exact) mass is 264 g/mol. The topological polar surface area (TPSA) is 75.3 Å². The summed E-state index contributed by atoms with van der Waals surface area (Å²) in [6, 6.07) is 1.96. The van der Waals surface area contributed by atoms with Crippen molar-refractivity contribution in [2.24, 2.45) is 5.92 Å². The molecule has 0 saturated carbocycles. The maximum absolute atomic E-state index is 9.13. The van der Waals surface area contributed by atoms with E-state index >= 15 is 0 Å². The Kier molecular flexibility index (Phi) is 3.15. The van der Waals surface area contributed by atoms with Crippen LogP contribution in [0.1, 0.15) is 12.2 Å². The molecule has 3 rings (SSSR count). The van der Waals surface area contributed by atoms with Gasteiger partial charge in [-0.1, -0.05) is 0 Å². The highest BCUT2D eigenvalue weighted by molar-refractivity contribution is 7.16. The van der Waals surface area contributed by atoms with Gasteiger partial charge in [0, 0.05) is 13.2 Å². The number of nitrogens with zero attached hydrogens (tertiary/aromatic N) is 3. The number of rotatable bonds is 3. The van der Waals surface area contributed by atoms with Crippen LogP contribution in [0.5, 0.6) is 0 Å². The fraction of sp³-hybridized carbons (Fsp3) is 0.500. The zero-order valence-corrected chi connectivity index (χ0v) is 10.9. The summed E-state index contributed by atoms with van der Waals surface area (Å²) in [4.78, 5) is 12.1. The van der Waals surface area contributed by atoms with Gasteiger partial charge >= 0.3 is 0 Å². The number of aliphatic hydroxyl groups excluding tert-OH is 1. The van der Waals surface area contributed by atoms with Crippen molar-refractivity contribution in [1.82, 2.24) is 14.9 Å². The van der Waals surface area contributed by atoms with Gasteiger partial charge in [-0.2, -0.15) is 0 Å². The van der Waals surface area contributed by atoms with Gasteiger partial charge in [0.15, 0.2) is 0 Å². The third-order valence-electron chi connectivity index (χ3n) is 3.39. The highest BCUT2D eigenvalue weighted by Gasteiger charge is 2.22. The Morgan fingerprint density at radius 1 is 1.50 bits per heavy atom. The first-order valence-corrected chi connectivity index (χ1v) is 6.97. The minimum Gasteiger partial charge on any atom is -0.396 e. The van der Waals surface area contributed by atoms with E-state index in [1.54, 1.807) is 11.3 Å². The van der Waals surface area contributed by atoms with E-state index in [0.717, 1.165) is 35.6 Å². The molecule has 0 aliphatic carbocycles.